The SMILES string of the molecule is Cc1ccc(Cl)c(CCc2cc(=O)c(=O)[nH][nH]2)c1. The van der Waals surface area contributed by atoms with Crippen molar-refractivity contribution >= 4 is 11.6 Å². The van der Waals surface area contributed by atoms with E-state index in [1.165, 1.54) is 6.07 Å². The van der Waals surface area contributed by atoms with Crippen molar-refractivity contribution in [3.63, 3.8) is 0 Å². The Bertz CT molecular complexity index is 673. The Morgan fingerprint density at radius 1 is 1.11 bits per heavy atom. The zero-order valence-electron chi connectivity index (χ0n) is 9.92. The second kappa shape index (κ2) is 5.23. The summed E-state index contributed by atoms with van der Waals surface area (Å²) < 4.78 is 0. The lowest BCUT2D eigenvalue weighted by Gasteiger charge is -2.05. The van der Waals surface area contributed by atoms with Crippen molar-refractivity contribution in [2.75, 3.05) is 0 Å². The van der Waals surface area contributed by atoms with Gasteiger partial charge in [-0.1, -0.05) is 29.3 Å². The van der Waals surface area contributed by atoms with Gasteiger partial charge in [0.25, 0.3) is 0 Å². The summed E-state index contributed by atoms with van der Waals surface area (Å²) in [5, 5.41) is 5.72. The molecule has 0 fully saturated rings. The second-order valence-corrected chi connectivity index (χ2v) is 4.62. The summed E-state index contributed by atoms with van der Waals surface area (Å²) >= 11 is 6.09. The molecule has 0 bridgehead atoms. The van der Waals surface area contributed by atoms with E-state index < -0.39 is 11.0 Å². The lowest BCUT2D eigenvalue weighted by atomic mass is 10.1. The number of hydrogen-bond acceptors (Lipinski definition) is 2. The number of hydrogen-bond donors (Lipinski definition) is 2. The van der Waals surface area contributed by atoms with Gasteiger partial charge in [0.15, 0.2) is 0 Å². The molecule has 0 saturated carbocycles. The van der Waals surface area contributed by atoms with Gasteiger partial charge in [0.2, 0.25) is 5.43 Å². The van der Waals surface area contributed by atoms with Crippen molar-refractivity contribution in [3.8, 4) is 0 Å². The second-order valence-electron chi connectivity index (χ2n) is 4.21. The molecule has 4 nitrogen and oxygen atoms in total. The van der Waals surface area contributed by atoms with Crippen molar-refractivity contribution in [2.45, 2.75) is 19.8 Å². The molecule has 0 atom stereocenters. The molecule has 2 N–H and O–H groups in total. The molecular weight excluding hydrogens is 252 g/mol. The average Bonchev–Trinajstić information content (AvgIpc) is 2.34. The first kappa shape index (κ1) is 12.6. The zero-order valence-corrected chi connectivity index (χ0v) is 10.7. The van der Waals surface area contributed by atoms with Crippen LogP contribution in [0.2, 0.25) is 5.02 Å². The number of H-pyrrole nitrogens is 2. The van der Waals surface area contributed by atoms with Crippen molar-refractivity contribution < 1.29 is 0 Å². The van der Waals surface area contributed by atoms with Crippen molar-refractivity contribution in [3.05, 3.63) is 66.7 Å². The fourth-order valence-electron chi connectivity index (χ4n) is 1.76. The van der Waals surface area contributed by atoms with Gasteiger partial charge >= 0.3 is 5.56 Å². The van der Waals surface area contributed by atoms with E-state index in [9.17, 15) is 9.59 Å². The Morgan fingerprint density at radius 3 is 2.61 bits per heavy atom. The summed E-state index contributed by atoms with van der Waals surface area (Å²) in [7, 11) is 0. The first-order valence-electron chi connectivity index (χ1n) is 5.62. The highest BCUT2D eigenvalue weighted by atomic mass is 35.5. The Labute approximate surface area is 109 Å². The van der Waals surface area contributed by atoms with Crippen LogP contribution in [0.3, 0.4) is 0 Å². The Kier molecular flexibility index (Phi) is 3.67. The van der Waals surface area contributed by atoms with Gasteiger partial charge in [0.05, 0.1) is 0 Å². The van der Waals surface area contributed by atoms with E-state index in [4.69, 9.17) is 11.6 Å². The van der Waals surface area contributed by atoms with Crippen molar-refractivity contribution in [1.82, 2.24) is 10.2 Å². The van der Waals surface area contributed by atoms with E-state index >= 15 is 0 Å². The number of aromatic amines is 2. The summed E-state index contributed by atoms with van der Waals surface area (Å²) in [6, 6.07) is 7.16. The molecule has 0 radical (unpaired) electrons. The average molecular weight is 265 g/mol. The largest absolute Gasteiger partial charge is 0.310 e. The van der Waals surface area contributed by atoms with E-state index in [2.05, 4.69) is 10.2 Å². The topological polar surface area (TPSA) is 65.7 Å². The normalized spacial score (nSPS) is 10.6. The predicted molar refractivity (Wildman–Crippen MR) is 71.3 cm³/mol. The van der Waals surface area contributed by atoms with Gasteiger partial charge in [-0.25, -0.2) is 0 Å². The third kappa shape index (κ3) is 2.90. The van der Waals surface area contributed by atoms with Gasteiger partial charge in [-0.15, -0.1) is 0 Å². The molecule has 0 saturated heterocycles. The fraction of sp³-hybridized carbons (Fsp3) is 0.231. The molecule has 0 unspecified atom stereocenters. The van der Waals surface area contributed by atoms with Crippen LogP contribution < -0.4 is 11.0 Å². The highest BCUT2D eigenvalue weighted by Crippen LogP contribution is 2.18. The van der Waals surface area contributed by atoms with Crippen molar-refractivity contribution in [1.29, 1.82) is 0 Å². The summed E-state index contributed by atoms with van der Waals surface area (Å²) in [6.07, 6.45) is 1.33. The molecule has 1 aromatic heterocycles. The highest BCUT2D eigenvalue weighted by molar-refractivity contribution is 6.31. The van der Waals surface area contributed by atoms with Crippen molar-refractivity contribution in [2.24, 2.45) is 0 Å². The minimum absolute atomic E-state index is 0.529. The van der Waals surface area contributed by atoms with E-state index in [1.54, 1.807) is 0 Å². The molecule has 18 heavy (non-hydrogen) atoms. The fourth-order valence-corrected chi connectivity index (χ4v) is 1.97. The van der Waals surface area contributed by atoms with Gasteiger partial charge in [-0.05, 0) is 31.4 Å². The molecule has 0 aliphatic heterocycles. The van der Waals surface area contributed by atoms with Gasteiger partial charge < -0.3 is 5.10 Å². The number of benzene rings is 1. The molecule has 1 heterocycles. The van der Waals surface area contributed by atoms with E-state index in [0.717, 1.165) is 11.1 Å². The van der Waals surface area contributed by atoms with Gasteiger partial charge in [0.1, 0.15) is 0 Å². The Morgan fingerprint density at radius 2 is 1.89 bits per heavy atom. The molecule has 5 heteroatoms. The molecule has 0 amide bonds. The number of aryl methyl sites for hydroxylation is 3. The van der Waals surface area contributed by atoms with Crippen LogP contribution in [-0.2, 0) is 12.8 Å². The lowest BCUT2D eigenvalue weighted by molar-refractivity contribution is 0.838. The quantitative estimate of drug-likeness (QED) is 0.831. The monoisotopic (exact) mass is 264 g/mol. The van der Waals surface area contributed by atoms with Crippen LogP contribution in [0.15, 0.2) is 33.9 Å². The molecule has 2 aromatic rings. The molecule has 1 aromatic carbocycles. The number of aromatic nitrogens is 2. The Hall–Kier alpha value is -1.81. The molecular formula is C13H13ClN2O2. The maximum Gasteiger partial charge on any atom is 0.310 e. The number of nitrogens with one attached hydrogen (secondary N) is 2. The lowest BCUT2D eigenvalue weighted by Crippen LogP contribution is -2.27. The van der Waals surface area contributed by atoms with E-state index in [0.29, 0.717) is 23.6 Å². The molecule has 0 aliphatic rings. The third-order valence-electron chi connectivity index (χ3n) is 2.73. The first-order valence-corrected chi connectivity index (χ1v) is 6.00. The maximum absolute atomic E-state index is 11.2. The van der Waals surface area contributed by atoms with Gasteiger partial charge in [-0.3, -0.25) is 14.7 Å². The van der Waals surface area contributed by atoms with Crippen LogP contribution in [0.5, 0.6) is 0 Å². The predicted octanol–water partition coefficient (Wildman–Crippen LogP) is 1.81. The Balaban J connectivity index is 2.16. The molecule has 0 spiro atoms. The van der Waals surface area contributed by atoms with E-state index in [-0.39, 0.29) is 0 Å². The molecule has 0 aliphatic carbocycles. The van der Waals surface area contributed by atoms with Crippen LogP contribution >= 0.6 is 11.6 Å². The standard InChI is InChI=1S/C13H13ClN2O2/c1-8-2-5-11(14)9(6-8)3-4-10-7-12(17)13(18)16-15-10/h2,5-7H,3-4H2,1H3,(H,15,17)(H,16,18). The van der Waals surface area contributed by atoms with Crippen LogP contribution in [0.4, 0.5) is 0 Å². The summed E-state index contributed by atoms with van der Waals surface area (Å²) in [6.45, 7) is 2.00. The van der Waals surface area contributed by atoms with Crippen LogP contribution in [0.1, 0.15) is 16.8 Å². The molecule has 94 valence electrons. The minimum atomic E-state index is -0.632. The minimum Gasteiger partial charge on any atom is -0.302 e. The highest BCUT2D eigenvalue weighted by Gasteiger charge is 2.03. The van der Waals surface area contributed by atoms with E-state index in [1.807, 2.05) is 25.1 Å². The van der Waals surface area contributed by atoms with Gasteiger partial charge in [0, 0.05) is 16.8 Å². The third-order valence-corrected chi connectivity index (χ3v) is 3.10. The summed E-state index contributed by atoms with van der Waals surface area (Å²) in [5.41, 5.74) is 1.71. The van der Waals surface area contributed by atoms with Gasteiger partial charge in [-0.2, -0.15) is 0 Å². The summed E-state index contributed by atoms with van der Waals surface area (Å²) in [5.74, 6) is 0. The van der Waals surface area contributed by atoms with Crippen LogP contribution in [-0.4, -0.2) is 10.2 Å². The summed E-state index contributed by atoms with van der Waals surface area (Å²) in [4.78, 5) is 22.1. The van der Waals surface area contributed by atoms with Crippen LogP contribution in [0, 0.1) is 6.92 Å². The van der Waals surface area contributed by atoms with Crippen LogP contribution in [0.25, 0.3) is 0 Å². The zero-order chi connectivity index (χ0) is 13.1. The maximum atomic E-state index is 11.2. The number of halogens is 1. The number of rotatable bonds is 3. The smallest absolute Gasteiger partial charge is 0.302 e. The first-order chi connectivity index (χ1) is 8.56. The molecule has 2 rings (SSSR count).